The van der Waals surface area contributed by atoms with Gasteiger partial charge in [-0.2, -0.15) is 0 Å². The Morgan fingerprint density at radius 1 is 1.53 bits per heavy atom. The minimum absolute atomic E-state index is 0.115. The van der Waals surface area contributed by atoms with Gasteiger partial charge in [0.15, 0.2) is 0 Å². The number of nitrogens with zero attached hydrogens (tertiary/aromatic N) is 2. The highest BCUT2D eigenvalue weighted by molar-refractivity contribution is 6.31. The molecule has 4 nitrogen and oxygen atoms in total. The smallest absolute Gasteiger partial charge is 0.135 e. The Morgan fingerprint density at radius 3 is 2.94 bits per heavy atom. The second-order valence-electron chi connectivity index (χ2n) is 3.92. The van der Waals surface area contributed by atoms with Crippen molar-refractivity contribution >= 4 is 28.4 Å². The molecule has 1 N–H and O–H groups in total. The number of aliphatic hydroxyl groups excluding tert-OH is 1. The molecule has 0 aliphatic rings. The molecule has 2 aromatic rings. The van der Waals surface area contributed by atoms with E-state index in [1.54, 1.807) is 19.1 Å². The van der Waals surface area contributed by atoms with Crippen molar-refractivity contribution in [3.63, 3.8) is 0 Å². The van der Waals surface area contributed by atoms with E-state index in [-0.39, 0.29) is 12.4 Å². The molecule has 1 aromatic heterocycles. The quantitative estimate of drug-likeness (QED) is 0.907. The number of aryl methyl sites for hydroxylation is 1. The number of aliphatic hydroxyl groups is 1. The molecule has 0 aliphatic heterocycles. The molecule has 0 fully saturated rings. The maximum atomic E-state index is 11.0. The molecule has 1 aromatic carbocycles. The van der Waals surface area contributed by atoms with Gasteiger partial charge >= 0.3 is 0 Å². The van der Waals surface area contributed by atoms with Crippen molar-refractivity contribution in [3.05, 3.63) is 29.0 Å². The van der Waals surface area contributed by atoms with Crippen molar-refractivity contribution in [3.8, 4) is 0 Å². The molecule has 5 heteroatoms. The number of ketones is 1. The summed E-state index contributed by atoms with van der Waals surface area (Å²) in [5, 5.41) is 9.86. The summed E-state index contributed by atoms with van der Waals surface area (Å²) in [6, 6.07) is 5.38. The lowest BCUT2D eigenvalue weighted by atomic mass is 10.3. The summed E-state index contributed by atoms with van der Waals surface area (Å²) >= 11 is 5.89. The lowest BCUT2D eigenvalue weighted by Crippen LogP contribution is -2.06. The van der Waals surface area contributed by atoms with Gasteiger partial charge in [-0.1, -0.05) is 11.6 Å². The van der Waals surface area contributed by atoms with Crippen molar-refractivity contribution in [2.45, 2.75) is 26.5 Å². The van der Waals surface area contributed by atoms with Gasteiger partial charge < -0.3 is 9.67 Å². The molecule has 0 atom stereocenters. The Balaban J connectivity index is 2.47. The first-order chi connectivity index (χ1) is 8.11. The van der Waals surface area contributed by atoms with Crippen molar-refractivity contribution in [2.24, 2.45) is 0 Å². The number of imidazole rings is 1. The van der Waals surface area contributed by atoms with Gasteiger partial charge in [-0.15, -0.1) is 0 Å². The van der Waals surface area contributed by atoms with Crippen LogP contribution in [0.25, 0.3) is 11.0 Å². The highest BCUT2D eigenvalue weighted by Crippen LogP contribution is 2.21. The SMILES string of the molecule is CC(=O)CCn1c(CO)nc2cc(Cl)ccc21. The largest absolute Gasteiger partial charge is 0.388 e. The number of hydrogen-bond donors (Lipinski definition) is 1. The van der Waals surface area contributed by atoms with Crippen LogP contribution in [0.3, 0.4) is 0 Å². The van der Waals surface area contributed by atoms with Crippen LogP contribution in [0.5, 0.6) is 0 Å². The number of rotatable bonds is 4. The van der Waals surface area contributed by atoms with E-state index in [0.29, 0.717) is 23.8 Å². The lowest BCUT2D eigenvalue weighted by molar-refractivity contribution is -0.117. The van der Waals surface area contributed by atoms with Crippen LogP contribution in [0.15, 0.2) is 18.2 Å². The van der Waals surface area contributed by atoms with Crippen LogP contribution >= 0.6 is 11.6 Å². The Kier molecular flexibility index (Phi) is 3.45. The number of Topliss-reactive ketones (excluding diaryl/α,β-unsaturated/α-hetero) is 1. The van der Waals surface area contributed by atoms with Gasteiger partial charge in [0.1, 0.15) is 18.2 Å². The first-order valence-electron chi connectivity index (χ1n) is 5.37. The summed E-state index contributed by atoms with van der Waals surface area (Å²) in [7, 11) is 0. The van der Waals surface area contributed by atoms with Gasteiger partial charge in [-0.3, -0.25) is 4.79 Å². The molecule has 0 saturated carbocycles. The van der Waals surface area contributed by atoms with Crippen LogP contribution in [0.4, 0.5) is 0 Å². The first-order valence-corrected chi connectivity index (χ1v) is 5.74. The third-order valence-electron chi connectivity index (χ3n) is 2.62. The Hall–Kier alpha value is -1.39. The van der Waals surface area contributed by atoms with Crippen LogP contribution in [-0.4, -0.2) is 20.4 Å². The van der Waals surface area contributed by atoms with E-state index in [4.69, 9.17) is 11.6 Å². The van der Waals surface area contributed by atoms with Crippen molar-refractivity contribution in [1.29, 1.82) is 0 Å². The monoisotopic (exact) mass is 252 g/mol. The van der Waals surface area contributed by atoms with Crippen LogP contribution in [0, 0.1) is 0 Å². The molecule has 90 valence electrons. The first kappa shape index (κ1) is 12.1. The molecule has 0 unspecified atom stereocenters. The minimum atomic E-state index is -0.149. The van der Waals surface area contributed by atoms with E-state index >= 15 is 0 Å². The van der Waals surface area contributed by atoms with Crippen LogP contribution in [0.1, 0.15) is 19.2 Å². The Labute approximate surface area is 104 Å². The zero-order chi connectivity index (χ0) is 12.4. The number of hydrogen-bond acceptors (Lipinski definition) is 3. The van der Waals surface area contributed by atoms with Gasteiger partial charge in [-0.25, -0.2) is 4.98 Å². The highest BCUT2D eigenvalue weighted by Gasteiger charge is 2.10. The van der Waals surface area contributed by atoms with E-state index in [0.717, 1.165) is 11.0 Å². The summed E-state index contributed by atoms with van der Waals surface area (Å²) in [5.74, 6) is 0.674. The van der Waals surface area contributed by atoms with Crippen LogP contribution < -0.4 is 0 Å². The van der Waals surface area contributed by atoms with Gasteiger partial charge in [0.05, 0.1) is 11.0 Å². The standard InChI is InChI=1S/C12H13ClN2O2/c1-8(17)4-5-15-11-3-2-9(13)6-10(11)14-12(15)7-16/h2-3,6,16H,4-5,7H2,1H3. The fraction of sp³-hybridized carbons (Fsp3) is 0.333. The molecule has 17 heavy (non-hydrogen) atoms. The van der Waals surface area contributed by atoms with Crippen molar-refractivity contribution in [2.75, 3.05) is 0 Å². The second kappa shape index (κ2) is 4.85. The number of carbonyl (C=O) groups excluding carboxylic acids is 1. The third-order valence-corrected chi connectivity index (χ3v) is 2.85. The summed E-state index contributed by atoms with van der Waals surface area (Å²) < 4.78 is 1.85. The average Bonchev–Trinajstić information content (AvgIpc) is 2.63. The van der Waals surface area contributed by atoms with E-state index in [9.17, 15) is 9.90 Å². The molecule has 0 bridgehead atoms. The normalized spacial score (nSPS) is 11.0. The van der Waals surface area contributed by atoms with E-state index < -0.39 is 0 Å². The number of benzene rings is 1. The Morgan fingerprint density at radius 2 is 2.29 bits per heavy atom. The summed E-state index contributed by atoms with van der Waals surface area (Å²) in [6.07, 6.45) is 0.432. The predicted molar refractivity (Wildman–Crippen MR) is 66.0 cm³/mol. The highest BCUT2D eigenvalue weighted by atomic mass is 35.5. The van der Waals surface area contributed by atoms with Gasteiger partial charge in [0.2, 0.25) is 0 Å². The number of halogens is 1. The van der Waals surface area contributed by atoms with Gasteiger partial charge in [-0.05, 0) is 25.1 Å². The Bertz CT molecular complexity index is 563. The lowest BCUT2D eigenvalue weighted by Gasteiger charge is -2.05. The van der Waals surface area contributed by atoms with Gasteiger partial charge in [0.25, 0.3) is 0 Å². The van der Waals surface area contributed by atoms with Crippen LogP contribution in [0.2, 0.25) is 5.02 Å². The number of fused-ring (bicyclic) bond motifs is 1. The predicted octanol–water partition coefficient (Wildman–Crippen LogP) is 2.16. The van der Waals surface area contributed by atoms with Crippen molar-refractivity contribution in [1.82, 2.24) is 9.55 Å². The van der Waals surface area contributed by atoms with E-state index in [2.05, 4.69) is 4.98 Å². The summed E-state index contributed by atoms with van der Waals surface area (Å²) in [4.78, 5) is 15.3. The molecule has 0 radical (unpaired) electrons. The van der Waals surface area contributed by atoms with E-state index in [1.165, 1.54) is 0 Å². The fourth-order valence-electron chi connectivity index (χ4n) is 1.79. The molecule has 2 rings (SSSR count). The third kappa shape index (κ3) is 2.48. The second-order valence-corrected chi connectivity index (χ2v) is 4.36. The molecule has 0 amide bonds. The molecule has 0 spiro atoms. The number of carbonyl (C=O) groups is 1. The zero-order valence-corrected chi connectivity index (χ0v) is 10.2. The summed E-state index contributed by atoms with van der Waals surface area (Å²) in [5.41, 5.74) is 1.63. The molecular formula is C12H13ClN2O2. The molecule has 0 saturated heterocycles. The van der Waals surface area contributed by atoms with Crippen molar-refractivity contribution < 1.29 is 9.90 Å². The van der Waals surface area contributed by atoms with E-state index in [1.807, 2.05) is 10.6 Å². The maximum Gasteiger partial charge on any atom is 0.135 e. The number of aromatic nitrogens is 2. The van der Waals surface area contributed by atoms with Gasteiger partial charge in [0, 0.05) is 18.0 Å². The average molecular weight is 253 g/mol. The van der Waals surface area contributed by atoms with Crippen LogP contribution in [-0.2, 0) is 17.9 Å². The summed E-state index contributed by atoms with van der Waals surface area (Å²) in [6.45, 7) is 1.93. The molecule has 0 aliphatic carbocycles. The molecule has 1 heterocycles. The molecular weight excluding hydrogens is 240 g/mol. The maximum absolute atomic E-state index is 11.0. The topological polar surface area (TPSA) is 55.1 Å². The minimum Gasteiger partial charge on any atom is -0.388 e. The zero-order valence-electron chi connectivity index (χ0n) is 9.48. The fourth-order valence-corrected chi connectivity index (χ4v) is 1.96.